The number of rotatable bonds is 8. The molecule has 0 atom stereocenters. The maximum Gasteiger partial charge on any atom is 0.220 e. The molecule has 0 bridgehead atoms. The van der Waals surface area contributed by atoms with Gasteiger partial charge in [0.25, 0.3) is 0 Å². The highest BCUT2D eigenvalue weighted by molar-refractivity contribution is 6.30. The van der Waals surface area contributed by atoms with Crippen molar-refractivity contribution in [2.24, 2.45) is 5.92 Å². The summed E-state index contributed by atoms with van der Waals surface area (Å²) in [6.07, 6.45) is 5.88. The zero-order valence-electron chi connectivity index (χ0n) is 13.8. The third-order valence-electron chi connectivity index (χ3n) is 3.61. The molecule has 4 nitrogen and oxygen atoms in total. The Labute approximate surface area is 142 Å². The Morgan fingerprint density at radius 3 is 2.74 bits per heavy atom. The number of benzene rings is 1. The summed E-state index contributed by atoms with van der Waals surface area (Å²) in [4.78, 5) is 16.1. The number of aryl methyl sites for hydroxylation is 1. The summed E-state index contributed by atoms with van der Waals surface area (Å²) in [7, 11) is 0. The van der Waals surface area contributed by atoms with Crippen molar-refractivity contribution in [3.63, 3.8) is 0 Å². The molecule has 0 radical (unpaired) electrons. The zero-order chi connectivity index (χ0) is 16.7. The van der Waals surface area contributed by atoms with Crippen LogP contribution in [0.1, 0.15) is 37.9 Å². The molecule has 0 aliphatic carbocycles. The molecule has 0 aliphatic heterocycles. The minimum Gasteiger partial charge on any atom is -0.350 e. The van der Waals surface area contributed by atoms with Gasteiger partial charge < -0.3 is 9.88 Å². The molecule has 1 amide bonds. The van der Waals surface area contributed by atoms with Crippen LogP contribution < -0.4 is 5.32 Å². The van der Waals surface area contributed by atoms with Gasteiger partial charge in [-0.05, 0) is 36.5 Å². The highest BCUT2D eigenvalue weighted by Crippen LogP contribution is 2.11. The van der Waals surface area contributed by atoms with Gasteiger partial charge in [-0.2, -0.15) is 0 Å². The molecule has 124 valence electrons. The molecular weight excluding hydrogens is 310 g/mol. The lowest BCUT2D eigenvalue weighted by Crippen LogP contribution is -2.24. The quantitative estimate of drug-likeness (QED) is 0.798. The number of halogens is 1. The molecule has 5 heteroatoms. The fraction of sp³-hybridized carbons (Fsp3) is 0.444. The number of nitrogens with zero attached hydrogens (tertiary/aromatic N) is 2. The number of aromatic nitrogens is 2. The van der Waals surface area contributed by atoms with E-state index in [-0.39, 0.29) is 5.91 Å². The van der Waals surface area contributed by atoms with Crippen LogP contribution in [0.2, 0.25) is 5.02 Å². The van der Waals surface area contributed by atoms with E-state index in [0.29, 0.717) is 18.9 Å². The fourth-order valence-electron chi connectivity index (χ4n) is 2.43. The van der Waals surface area contributed by atoms with Crippen molar-refractivity contribution in [3.05, 3.63) is 53.1 Å². The first-order valence-electron chi connectivity index (χ1n) is 8.04. The standard InChI is InChI=1S/C18H24ClN3O/c1-14(2)12-22-13-20-10-17(22)11-21-18(23)5-3-4-15-6-8-16(19)9-7-15/h6-10,13-14H,3-5,11-12H2,1-2H3,(H,21,23). The van der Waals surface area contributed by atoms with Gasteiger partial charge in [0.2, 0.25) is 5.91 Å². The van der Waals surface area contributed by atoms with E-state index in [4.69, 9.17) is 11.6 Å². The summed E-state index contributed by atoms with van der Waals surface area (Å²) in [5.74, 6) is 0.634. The number of carbonyl (C=O) groups excluding carboxylic acids is 1. The number of hydrogen-bond donors (Lipinski definition) is 1. The number of amides is 1. The van der Waals surface area contributed by atoms with Gasteiger partial charge in [0.15, 0.2) is 0 Å². The Kier molecular flexibility index (Phi) is 6.66. The van der Waals surface area contributed by atoms with Crippen LogP contribution in [0.15, 0.2) is 36.8 Å². The first-order valence-corrected chi connectivity index (χ1v) is 8.42. The van der Waals surface area contributed by atoms with Crippen LogP contribution in [-0.2, 0) is 24.3 Å². The van der Waals surface area contributed by atoms with Gasteiger partial charge in [-0.25, -0.2) is 4.98 Å². The molecule has 1 N–H and O–H groups in total. The molecule has 2 rings (SSSR count). The molecule has 23 heavy (non-hydrogen) atoms. The Bertz CT molecular complexity index is 619. The number of hydrogen-bond acceptors (Lipinski definition) is 2. The van der Waals surface area contributed by atoms with E-state index in [0.717, 1.165) is 30.1 Å². The van der Waals surface area contributed by atoms with E-state index < -0.39 is 0 Å². The highest BCUT2D eigenvalue weighted by Gasteiger charge is 2.06. The minimum absolute atomic E-state index is 0.0799. The van der Waals surface area contributed by atoms with Crippen molar-refractivity contribution >= 4 is 17.5 Å². The van der Waals surface area contributed by atoms with Crippen molar-refractivity contribution in [2.75, 3.05) is 0 Å². The van der Waals surface area contributed by atoms with Crippen LogP contribution >= 0.6 is 11.6 Å². The van der Waals surface area contributed by atoms with E-state index in [1.807, 2.05) is 36.8 Å². The van der Waals surface area contributed by atoms with E-state index in [1.165, 1.54) is 5.56 Å². The van der Waals surface area contributed by atoms with Gasteiger partial charge >= 0.3 is 0 Å². The average molecular weight is 334 g/mol. The lowest BCUT2D eigenvalue weighted by molar-refractivity contribution is -0.121. The monoisotopic (exact) mass is 333 g/mol. The molecular formula is C18H24ClN3O. The van der Waals surface area contributed by atoms with Crippen LogP contribution in [-0.4, -0.2) is 15.5 Å². The third kappa shape index (κ3) is 6.06. The molecule has 2 aromatic rings. The maximum absolute atomic E-state index is 12.0. The van der Waals surface area contributed by atoms with Crippen molar-refractivity contribution < 1.29 is 4.79 Å². The van der Waals surface area contributed by atoms with Gasteiger partial charge in [-0.1, -0.05) is 37.6 Å². The summed E-state index contributed by atoms with van der Waals surface area (Å²) >= 11 is 5.86. The van der Waals surface area contributed by atoms with Crippen molar-refractivity contribution in [1.82, 2.24) is 14.9 Å². The van der Waals surface area contributed by atoms with Gasteiger partial charge in [-0.15, -0.1) is 0 Å². The molecule has 1 aromatic carbocycles. The molecule has 1 aromatic heterocycles. The summed E-state index contributed by atoms with van der Waals surface area (Å²) in [6, 6.07) is 7.77. The Hall–Kier alpha value is -1.81. The van der Waals surface area contributed by atoms with Crippen molar-refractivity contribution in [3.8, 4) is 0 Å². The summed E-state index contributed by atoms with van der Waals surface area (Å²) in [6.45, 7) is 5.78. The predicted octanol–water partition coefficient (Wildman–Crippen LogP) is 3.83. The van der Waals surface area contributed by atoms with Crippen LogP contribution in [0.5, 0.6) is 0 Å². The van der Waals surface area contributed by atoms with Gasteiger partial charge in [0, 0.05) is 24.2 Å². The summed E-state index contributed by atoms with van der Waals surface area (Å²) in [5, 5.41) is 3.71. The number of imidazole rings is 1. The lowest BCUT2D eigenvalue weighted by atomic mass is 10.1. The molecule has 0 spiro atoms. The predicted molar refractivity (Wildman–Crippen MR) is 93.3 cm³/mol. The molecule has 1 heterocycles. The minimum atomic E-state index is 0.0799. The lowest BCUT2D eigenvalue weighted by Gasteiger charge is -2.11. The van der Waals surface area contributed by atoms with Crippen molar-refractivity contribution in [2.45, 2.75) is 46.2 Å². The maximum atomic E-state index is 12.0. The molecule has 0 fully saturated rings. The van der Waals surface area contributed by atoms with Crippen molar-refractivity contribution in [1.29, 1.82) is 0 Å². The summed E-state index contributed by atoms with van der Waals surface area (Å²) in [5.41, 5.74) is 2.25. The summed E-state index contributed by atoms with van der Waals surface area (Å²) < 4.78 is 2.10. The SMILES string of the molecule is CC(C)Cn1cncc1CNC(=O)CCCc1ccc(Cl)cc1. The second-order valence-corrected chi connectivity index (χ2v) is 6.62. The molecule has 0 unspecified atom stereocenters. The van der Waals surface area contributed by atoms with E-state index in [2.05, 4.69) is 28.7 Å². The topological polar surface area (TPSA) is 46.9 Å². The first kappa shape index (κ1) is 17.5. The Morgan fingerprint density at radius 2 is 2.04 bits per heavy atom. The fourth-order valence-corrected chi connectivity index (χ4v) is 2.56. The smallest absolute Gasteiger partial charge is 0.220 e. The van der Waals surface area contributed by atoms with E-state index in [9.17, 15) is 4.79 Å². The van der Waals surface area contributed by atoms with Gasteiger partial charge in [-0.3, -0.25) is 4.79 Å². The Balaban J connectivity index is 1.71. The van der Waals surface area contributed by atoms with Crippen LogP contribution in [0, 0.1) is 5.92 Å². The zero-order valence-corrected chi connectivity index (χ0v) is 14.5. The number of carbonyl (C=O) groups is 1. The van der Waals surface area contributed by atoms with E-state index in [1.54, 1.807) is 0 Å². The Morgan fingerprint density at radius 1 is 1.30 bits per heavy atom. The highest BCUT2D eigenvalue weighted by atomic mass is 35.5. The third-order valence-corrected chi connectivity index (χ3v) is 3.86. The van der Waals surface area contributed by atoms with Crippen LogP contribution in [0.4, 0.5) is 0 Å². The van der Waals surface area contributed by atoms with Gasteiger partial charge in [0.05, 0.1) is 18.6 Å². The van der Waals surface area contributed by atoms with Gasteiger partial charge in [0.1, 0.15) is 0 Å². The van der Waals surface area contributed by atoms with Crippen LogP contribution in [0.25, 0.3) is 0 Å². The van der Waals surface area contributed by atoms with E-state index >= 15 is 0 Å². The molecule has 0 saturated carbocycles. The molecule has 0 saturated heterocycles. The second kappa shape index (κ2) is 8.73. The number of nitrogens with one attached hydrogen (secondary N) is 1. The van der Waals surface area contributed by atoms with Crippen LogP contribution in [0.3, 0.4) is 0 Å². The molecule has 0 aliphatic rings. The first-order chi connectivity index (χ1) is 11.0. The average Bonchev–Trinajstić information content (AvgIpc) is 2.93. The largest absolute Gasteiger partial charge is 0.350 e. The normalized spacial score (nSPS) is 11.0. The second-order valence-electron chi connectivity index (χ2n) is 6.19.